The number of aryl methyl sites for hydroxylation is 1. The van der Waals surface area contributed by atoms with E-state index in [1.165, 1.54) is 0 Å². The maximum atomic E-state index is 12.4. The molecule has 1 amide bonds. The fraction of sp³-hybridized carbons (Fsp3) is 0.533. The molecule has 1 aromatic carbocycles. The zero-order valence-corrected chi connectivity index (χ0v) is 13.2. The van der Waals surface area contributed by atoms with Gasteiger partial charge in [-0.2, -0.15) is 0 Å². The number of nitrogens with zero attached hydrogens (tertiary/aromatic N) is 1. The summed E-state index contributed by atoms with van der Waals surface area (Å²) >= 11 is 3.34. The number of carbonyl (C=O) groups excluding carboxylic acids is 1. The summed E-state index contributed by atoms with van der Waals surface area (Å²) in [5.74, 6) is 0.158. The van der Waals surface area contributed by atoms with Crippen LogP contribution in [0.15, 0.2) is 18.2 Å². The van der Waals surface area contributed by atoms with Crippen molar-refractivity contribution >= 4 is 21.8 Å². The predicted molar refractivity (Wildman–Crippen MR) is 81.5 cm³/mol. The molecule has 1 fully saturated rings. The standard InChI is InChI=1S/C15H20BrNO3/c1-11-2-3-12(10-14(11)18)15(19)17-7-4-13(5-8-17)20-9-6-16/h2-3,10,13,18H,4-9H2,1H3. The molecule has 0 unspecified atom stereocenters. The Kier molecular flexibility index (Phi) is 5.43. The first kappa shape index (κ1) is 15.3. The third-order valence-corrected chi connectivity index (χ3v) is 3.94. The van der Waals surface area contributed by atoms with E-state index in [2.05, 4.69) is 15.9 Å². The molecule has 1 aliphatic heterocycles. The van der Waals surface area contributed by atoms with Crippen LogP contribution in [0.4, 0.5) is 0 Å². The number of phenolic OH excluding ortho intramolecular Hbond substituents is 1. The highest BCUT2D eigenvalue weighted by molar-refractivity contribution is 9.09. The average Bonchev–Trinajstić information content (AvgIpc) is 2.48. The molecule has 1 aliphatic rings. The van der Waals surface area contributed by atoms with Crippen LogP contribution in [-0.4, -0.2) is 47.0 Å². The Bertz CT molecular complexity index is 470. The summed E-state index contributed by atoms with van der Waals surface area (Å²) in [5, 5.41) is 10.5. The largest absolute Gasteiger partial charge is 0.508 e. The van der Waals surface area contributed by atoms with Gasteiger partial charge in [0, 0.05) is 24.0 Å². The molecule has 1 heterocycles. The predicted octanol–water partition coefficient (Wildman–Crippen LogP) is 2.72. The van der Waals surface area contributed by atoms with E-state index in [1.807, 2.05) is 11.8 Å². The number of likely N-dealkylation sites (tertiary alicyclic amines) is 1. The Hall–Kier alpha value is -1.07. The maximum Gasteiger partial charge on any atom is 0.253 e. The topological polar surface area (TPSA) is 49.8 Å². The van der Waals surface area contributed by atoms with Crippen LogP contribution < -0.4 is 0 Å². The second-order valence-electron chi connectivity index (χ2n) is 5.05. The molecule has 4 nitrogen and oxygen atoms in total. The van der Waals surface area contributed by atoms with Gasteiger partial charge in [-0.05, 0) is 37.5 Å². The van der Waals surface area contributed by atoms with Gasteiger partial charge >= 0.3 is 0 Å². The van der Waals surface area contributed by atoms with Crippen molar-refractivity contribution in [1.29, 1.82) is 0 Å². The van der Waals surface area contributed by atoms with E-state index in [1.54, 1.807) is 18.2 Å². The average molecular weight is 342 g/mol. The molecule has 0 bridgehead atoms. The SMILES string of the molecule is Cc1ccc(C(=O)N2CCC(OCCBr)CC2)cc1O. The van der Waals surface area contributed by atoms with Crippen molar-refractivity contribution < 1.29 is 14.6 Å². The molecule has 0 radical (unpaired) electrons. The van der Waals surface area contributed by atoms with Crippen LogP contribution in [-0.2, 0) is 4.74 Å². The Labute approximate surface area is 127 Å². The molecule has 1 N–H and O–H groups in total. The quantitative estimate of drug-likeness (QED) is 0.856. The lowest BCUT2D eigenvalue weighted by Gasteiger charge is -2.32. The number of benzene rings is 1. The molecule has 0 saturated carbocycles. The Morgan fingerprint density at radius 2 is 2.15 bits per heavy atom. The Morgan fingerprint density at radius 1 is 1.45 bits per heavy atom. The molecule has 0 aliphatic carbocycles. The van der Waals surface area contributed by atoms with Crippen molar-refractivity contribution in [2.75, 3.05) is 25.0 Å². The van der Waals surface area contributed by atoms with Gasteiger partial charge in [-0.1, -0.05) is 22.0 Å². The lowest BCUT2D eigenvalue weighted by molar-refractivity contribution is 0.0160. The van der Waals surface area contributed by atoms with Crippen molar-refractivity contribution in [2.45, 2.75) is 25.9 Å². The van der Waals surface area contributed by atoms with Crippen molar-refractivity contribution in [2.24, 2.45) is 0 Å². The van der Waals surface area contributed by atoms with E-state index in [0.717, 1.165) is 23.7 Å². The van der Waals surface area contributed by atoms with Crippen LogP contribution >= 0.6 is 15.9 Å². The van der Waals surface area contributed by atoms with Crippen molar-refractivity contribution in [3.63, 3.8) is 0 Å². The molecule has 0 spiro atoms. The maximum absolute atomic E-state index is 12.4. The number of halogens is 1. The molecule has 1 saturated heterocycles. The second-order valence-corrected chi connectivity index (χ2v) is 5.85. The van der Waals surface area contributed by atoms with Gasteiger partial charge in [0.25, 0.3) is 5.91 Å². The Morgan fingerprint density at radius 3 is 2.75 bits per heavy atom. The highest BCUT2D eigenvalue weighted by atomic mass is 79.9. The van der Waals surface area contributed by atoms with Gasteiger partial charge in [0.2, 0.25) is 0 Å². The van der Waals surface area contributed by atoms with E-state index in [0.29, 0.717) is 25.3 Å². The first-order valence-corrected chi connectivity index (χ1v) is 8.00. The number of hydrogen-bond donors (Lipinski definition) is 1. The van der Waals surface area contributed by atoms with E-state index < -0.39 is 0 Å². The van der Waals surface area contributed by atoms with Gasteiger partial charge in [0.15, 0.2) is 0 Å². The molecule has 20 heavy (non-hydrogen) atoms. The van der Waals surface area contributed by atoms with E-state index in [-0.39, 0.29) is 17.8 Å². The zero-order valence-electron chi connectivity index (χ0n) is 11.6. The van der Waals surface area contributed by atoms with Crippen LogP contribution in [0, 0.1) is 6.92 Å². The minimum atomic E-state index is -0.0146. The van der Waals surface area contributed by atoms with Gasteiger partial charge in [-0.25, -0.2) is 0 Å². The summed E-state index contributed by atoms with van der Waals surface area (Å²) in [7, 11) is 0. The van der Waals surface area contributed by atoms with Gasteiger partial charge in [-0.3, -0.25) is 4.79 Å². The fourth-order valence-electron chi connectivity index (χ4n) is 2.36. The molecular weight excluding hydrogens is 322 g/mol. The summed E-state index contributed by atoms with van der Waals surface area (Å²) in [5.41, 5.74) is 1.33. The second kappa shape index (κ2) is 7.09. The number of hydrogen-bond acceptors (Lipinski definition) is 3. The zero-order chi connectivity index (χ0) is 14.5. The lowest BCUT2D eigenvalue weighted by Crippen LogP contribution is -2.41. The third kappa shape index (κ3) is 3.73. The number of aromatic hydroxyl groups is 1. The number of ether oxygens (including phenoxy) is 1. The number of rotatable bonds is 4. The summed E-state index contributed by atoms with van der Waals surface area (Å²) in [4.78, 5) is 14.2. The fourth-order valence-corrected chi connectivity index (χ4v) is 2.55. The van der Waals surface area contributed by atoms with Crippen LogP contribution in [0.1, 0.15) is 28.8 Å². The van der Waals surface area contributed by atoms with E-state index in [4.69, 9.17) is 4.74 Å². The molecule has 1 aromatic rings. The minimum Gasteiger partial charge on any atom is -0.508 e. The highest BCUT2D eigenvalue weighted by Gasteiger charge is 2.24. The number of carbonyl (C=O) groups is 1. The van der Waals surface area contributed by atoms with Crippen molar-refractivity contribution in [3.05, 3.63) is 29.3 Å². The lowest BCUT2D eigenvalue weighted by atomic mass is 10.1. The van der Waals surface area contributed by atoms with Crippen molar-refractivity contribution in [1.82, 2.24) is 4.90 Å². The summed E-state index contributed by atoms with van der Waals surface area (Å²) in [6, 6.07) is 5.09. The molecule has 0 atom stereocenters. The number of piperidine rings is 1. The molecular formula is C15H20BrNO3. The smallest absolute Gasteiger partial charge is 0.253 e. The summed E-state index contributed by atoms with van der Waals surface area (Å²) in [6.07, 6.45) is 2.00. The Balaban J connectivity index is 1.92. The summed E-state index contributed by atoms with van der Waals surface area (Å²) < 4.78 is 5.68. The highest BCUT2D eigenvalue weighted by Crippen LogP contribution is 2.21. The van der Waals surface area contributed by atoms with E-state index in [9.17, 15) is 9.90 Å². The van der Waals surface area contributed by atoms with Gasteiger partial charge in [0.1, 0.15) is 5.75 Å². The number of phenols is 1. The van der Waals surface area contributed by atoms with Crippen molar-refractivity contribution in [3.8, 4) is 5.75 Å². The number of amides is 1. The minimum absolute atomic E-state index is 0.0146. The van der Waals surface area contributed by atoms with E-state index >= 15 is 0 Å². The van der Waals surface area contributed by atoms with Gasteiger partial charge in [0.05, 0.1) is 12.7 Å². The first-order chi connectivity index (χ1) is 9.61. The third-order valence-electron chi connectivity index (χ3n) is 3.62. The van der Waals surface area contributed by atoms with Gasteiger partial charge in [-0.15, -0.1) is 0 Å². The van der Waals surface area contributed by atoms with Crippen LogP contribution in [0.25, 0.3) is 0 Å². The molecule has 110 valence electrons. The summed E-state index contributed by atoms with van der Waals surface area (Å²) in [6.45, 7) is 3.95. The van der Waals surface area contributed by atoms with Crippen LogP contribution in [0.2, 0.25) is 0 Å². The molecule has 0 aromatic heterocycles. The van der Waals surface area contributed by atoms with Gasteiger partial charge < -0.3 is 14.7 Å². The number of alkyl halides is 1. The molecule has 5 heteroatoms. The monoisotopic (exact) mass is 341 g/mol. The van der Waals surface area contributed by atoms with Crippen LogP contribution in [0.3, 0.4) is 0 Å². The van der Waals surface area contributed by atoms with Crippen LogP contribution in [0.5, 0.6) is 5.75 Å². The molecule has 2 rings (SSSR count). The normalized spacial score (nSPS) is 16.4. The first-order valence-electron chi connectivity index (χ1n) is 6.88.